The van der Waals surface area contributed by atoms with Gasteiger partial charge in [0.2, 0.25) is 0 Å². The Hall–Kier alpha value is -1.35. The summed E-state index contributed by atoms with van der Waals surface area (Å²) in [5.74, 6) is 2.01. The van der Waals surface area contributed by atoms with Crippen LogP contribution in [0.5, 0.6) is 0 Å². The molecule has 3 nitrogen and oxygen atoms in total. The molecular formula is C18H27N3. The number of rotatable bonds is 6. The van der Waals surface area contributed by atoms with Gasteiger partial charge >= 0.3 is 0 Å². The average Bonchev–Trinajstić information content (AvgIpc) is 2.96. The highest BCUT2D eigenvalue weighted by molar-refractivity contribution is 5.75. The fraction of sp³-hybridized carbons (Fsp3) is 0.611. The van der Waals surface area contributed by atoms with Crippen molar-refractivity contribution >= 4 is 11.0 Å². The molecule has 0 aliphatic heterocycles. The maximum Gasteiger partial charge on any atom is 0.111 e. The van der Waals surface area contributed by atoms with E-state index in [9.17, 15) is 0 Å². The summed E-state index contributed by atoms with van der Waals surface area (Å²) in [7, 11) is 2.09. The standard InChI is InChI=1S/C18H27N3/c1-5-10-21-16-9-7-6-8-14(16)20-17(21)11-15(19-4)13-12-18(13,2)3/h6-9,13,15,19H,5,10-12H2,1-4H3. The van der Waals surface area contributed by atoms with Gasteiger partial charge in [0, 0.05) is 19.0 Å². The Morgan fingerprint density at radius 1 is 1.38 bits per heavy atom. The van der Waals surface area contributed by atoms with E-state index in [2.05, 4.69) is 62.0 Å². The molecule has 1 fully saturated rings. The normalized spacial score (nSPS) is 21.6. The highest BCUT2D eigenvalue weighted by Gasteiger charge is 2.49. The SMILES string of the molecule is CCCn1c(CC(NC)C2CC2(C)C)nc2ccccc21. The zero-order valence-corrected chi connectivity index (χ0v) is 13.7. The minimum Gasteiger partial charge on any atom is -0.328 e. The lowest BCUT2D eigenvalue weighted by atomic mass is 10.0. The van der Waals surface area contributed by atoms with Crippen molar-refractivity contribution in [2.24, 2.45) is 11.3 Å². The van der Waals surface area contributed by atoms with Crippen molar-refractivity contribution in [3.63, 3.8) is 0 Å². The minimum absolute atomic E-state index is 0.495. The maximum atomic E-state index is 4.90. The van der Waals surface area contributed by atoms with Crippen LogP contribution in [-0.4, -0.2) is 22.6 Å². The number of likely N-dealkylation sites (N-methyl/N-ethyl adjacent to an activating group) is 1. The van der Waals surface area contributed by atoms with Gasteiger partial charge in [-0.25, -0.2) is 4.98 Å². The molecular weight excluding hydrogens is 258 g/mol. The van der Waals surface area contributed by atoms with Gasteiger partial charge in [0.05, 0.1) is 11.0 Å². The third-order valence-corrected chi connectivity index (χ3v) is 5.03. The van der Waals surface area contributed by atoms with E-state index in [4.69, 9.17) is 4.98 Å². The minimum atomic E-state index is 0.495. The van der Waals surface area contributed by atoms with Crippen LogP contribution in [0.2, 0.25) is 0 Å². The Balaban J connectivity index is 1.90. The summed E-state index contributed by atoms with van der Waals surface area (Å²) in [6.07, 6.45) is 3.50. The van der Waals surface area contributed by atoms with Gasteiger partial charge in [-0.15, -0.1) is 0 Å². The van der Waals surface area contributed by atoms with E-state index >= 15 is 0 Å². The number of nitrogens with one attached hydrogen (secondary N) is 1. The Bertz CT molecular complexity index is 626. The summed E-state index contributed by atoms with van der Waals surface area (Å²) in [6.45, 7) is 8.03. The van der Waals surface area contributed by atoms with Gasteiger partial charge in [-0.2, -0.15) is 0 Å². The second-order valence-electron chi connectivity index (χ2n) is 7.07. The molecule has 1 aromatic carbocycles. The number of imidazole rings is 1. The molecule has 3 heteroatoms. The van der Waals surface area contributed by atoms with Gasteiger partial charge in [0.1, 0.15) is 5.82 Å². The van der Waals surface area contributed by atoms with E-state index in [1.807, 2.05) is 0 Å². The van der Waals surface area contributed by atoms with Crippen LogP contribution < -0.4 is 5.32 Å². The zero-order chi connectivity index (χ0) is 15.0. The fourth-order valence-electron chi connectivity index (χ4n) is 3.59. The highest BCUT2D eigenvalue weighted by atomic mass is 15.1. The lowest BCUT2D eigenvalue weighted by molar-refractivity contribution is 0.415. The molecule has 1 N–H and O–H groups in total. The quantitative estimate of drug-likeness (QED) is 0.878. The van der Waals surface area contributed by atoms with E-state index in [0.29, 0.717) is 11.5 Å². The molecule has 1 aromatic heterocycles. The van der Waals surface area contributed by atoms with Crippen LogP contribution in [-0.2, 0) is 13.0 Å². The molecule has 3 rings (SSSR count). The monoisotopic (exact) mass is 285 g/mol. The van der Waals surface area contributed by atoms with Crippen molar-refractivity contribution in [2.45, 2.75) is 52.6 Å². The van der Waals surface area contributed by atoms with Crippen molar-refractivity contribution in [1.82, 2.24) is 14.9 Å². The van der Waals surface area contributed by atoms with Crippen LogP contribution in [0.3, 0.4) is 0 Å². The van der Waals surface area contributed by atoms with E-state index in [0.717, 1.165) is 30.8 Å². The average molecular weight is 285 g/mol. The summed E-state index contributed by atoms with van der Waals surface area (Å²) >= 11 is 0. The van der Waals surface area contributed by atoms with Crippen LogP contribution in [0.15, 0.2) is 24.3 Å². The van der Waals surface area contributed by atoms with Crippen molar-refractivity contribution in [2.75, 3.05) is 7.05 Å². The first-order valence-corrected chi connectivity index (χ1v) is 8.18. The third-order valence-electron chi connectivity index (χ3n) is 5.03. The Morgan fingerprint density at radius 3 is 2.71 bits per heavy atom. The number of aryl methyl sites for hydroxylation is 1. The predicted octanol–water partition coefficient (Wildman–Crippen LogP) is 3.62. The first kappa shape index (κ1) is 14.6. The molecule has 1 heterocycles. The lowest BCUT2D eigenvalue weighted by Gasteiger charge is -2.18. The van der Waals surface area contributed by atoms with Crippen molar-refractivity contribution in [3.8, 4) is 0 Å². The van der Waals surface area contributed by atoms with Crippen molar-refractivity contribution in [3.05, 3.63) is 30.1 Å². The van der Waals surface area contributed by atoms with Crippen molar-refractivity contribution < 1.29 is 0 Å². The molecule has 0 bridgehead atoms. The van der Waals surface area contributed by atoms with E-state index in [-0.39, 0.29) is 0 Å². The number of hydrogen-bond donors (Lipinski definition) is 1. The van der Waals surface area contributed by atoms with Crippen molar-refractivity contribution in [1.29, 1.82) is 0 Å². The van der Waals surface area contributed by atoms with Gasteiger partial charge < -0.3 is 9.88 Å². The Kier molecular flexibility index (Phi) is 3.78. The van der Waals surface area contributed by atoms with Gasteiger partial charge in [-0.05, 0) is 43.4 Å². The number of fused-ring (bicyclic) bond motifs is 1. The largest absolute Gasteiger partial charge is 0.328 e. The second kappa shape index (κ2) is 5.45. The van der Waals surface area contributed by atoms with Crippen LogP contribution in [0, 0.1) is 11.3 Å². The molecule has 114 valence electrons. The Morgan fingerprint density at radius 2 is 2.10 bits per heavy atom. The number of hydrogen-bond acceptors (Lipinski definition) is 2. The molecule has 0 amide bonds. The fourth-order valence-corrected chi connectivity index (χ4v) is 3.59. The van der Waals surface area contributed by atoms with Crippen LogP contribution in [0.4, 0.5) is 0 Å². The molecule has 1 aliphatic carbocycles. The number of para-hydroxylation sites is 2. The number of aromatic nitrogens is 2. The zero-order valence-electron chi connectivity index (χ0n) is 13.7. The molecule has 0 spiro atoms. The second-order valence-corrected chi connectivity index (χ2v) is 7.07. The van der Waals surface area contributed by atoms with Crippen LogP contribution >= 0.6 is 0 Å². The van der Waals surface area contributed by atoms with Gasteiger partial charge in [0.15, 0.2) is 0 Å². The summed E-state index contributed by atoms with van der Waals surface area (Å²) in [5.41, 5.74) is 2.90. The molecule has 1 saturated carbocycles. The smallest absolute Gasteiger partial charge is 0.111 e. The summed E-state index contributed by atoms with van der Waals surface area (Å²) in [6, 6.07) is 9.04. The number of nitrogens with zero attached hydrogens (tertiary/aromatic N) is 2. The van der Waals surface area contributed by atoms with E-state index < -0.39 is 0 Å². The molecule has 0 saturated heterocycles. The van der Waals surface area contributed by atoms with Gasteiger partial charge in [0.25, 0.3) is 0 Å². The van der Waals surface area contributed by atoms with Gasteiger partial charge in [-0.1, -0.05) is 32.9 Å². The lowest BCUT2D eigenvalue weighted by Crippen LogP contribution is -2.32. The summed E-state index contributed by atoms with van der Waals surface area (Å²) in [4.78, 5) is 4.90. The number of benzene rings is 1. The molecule has 0 radical (unpaired) electrons. The topological polar surface area (TPSA) is 29.9 Å². The molecule has 21 heavy (non-hydrogen) atoms. The molecule has 2 atom stereocenters. The Labute approximate surface area is 127 Å². The first-order valence-electron chi connectivity index (χ1n) is 8.18. The first-order chi connectivity index (χ1) is 10.1. The third kappa shape index (κ3) is 2.71. The van der Waals surface area contributed by atoms with E-state index in [1.54, 1.807) is 0 Å². The molecule has 2 unspecified atom stereocenters. The van der Waals surface area contributed by atoms with E-state index in [1.165, 1.54) is 17.8 Å². The van der Waals surface area contributed by atoms with Gasteiger partial charge in [-0.3, -0.25) is 0 Å². The summed E-state index contributed by atoms with van der Waals surface area (Å²) < 4.78 is 2.41. The highest BCUT2D eigenvalue weighted by Crippen LogP contribution is 2.53. The predicted molar refractivity (Wildman–Crippen MR) is 88.5 cm³/mol. The molecule has 2 aromatic rings. The maximum absolute atomic E-state index is 4.90. The molecule has 1 aliphatic rings. The summed E-state index contributed by atoms with van der Waals surface area (Å²) in [5, 5.41) is 3.53. The van der Waals surface area contributed by atoms with Crippen LogP contribution in [0.25, 0.3) is 11.0 Å². The van der Waals surface area contributed by atoms with Crippen LogP contribution in [0.1, 0.15) is 39.4 Å².